The maximum absolute atomic E-state index is 13.0. The normalized spacial score (nSPS) is 23.1. The van der Waals surface area contributed by atoms with Crippen molar-refractivity contribution < 1.29 is 9.18 Å². The van der Waals surface area contributed by atoms with E-state index in [1.54, 1.807) is 12.1 Å². The number of rotatable bonds is 4. The molecule has 1 heterocycles. The van der Waals surface area contributed by atoms with Gasteiger partial charge >= 0.3 is 0 Å². The Morgan fingerprint density at radius 3 is 2.32 bits per heavy atom. The Balaban J connectivity index is 1.26. The number of carbonyl (C=O) groups excluding carboxylic acids is 1. The highest BCUT2D eigenvalue weighted by atomic mass is 19.1. The highest BCUT2D eigenvalue weighted by Crippen LogP contribution is 2.28. The van der Waals surface area contributed by atoms with Crippen LogP contribution in [-0.4, -0.2) is 36.0 Å². The van der Waals surface area contributed by atoms with E-state index in [0.29, 0.717) is 11.6 Å². The first-order valence-electron chi connectivity index (χ1n) is 10.2. The van der Waals surface area contributed by atoms with Crippen molar-refractivity contribution in [2.45, 2.75) is 44.2 Å². The molecule has 1 fully saturated rings. The van der Waals surface area contributed by atoms with Crippen molar-refractivity contribution in [3.05, 3.63) is 77.6 Å². The first-order chi connectivity index (χ1) is 13.7. The molecule has 1 saturated carbocycles. The van der Waals surface area contributed by atoms with Crippen molar-refractivity contribution in [3.8, 4) is 0 Å². The second-order valence-corrected chi connectivity index (χ2v) is 7.83. The molecule has 0 radical (unpaired) electrons. The molecule has 1 N–H and O–H groups in total. The molecule has 0 unspecified atom stereocenters. The lowest BCUT2D eigenvalue weighted by molar-refractivity contribution is 0.0907. The first kappa shape index (κ1) is 18.9. The van der Waals surface area contributed by atoms with Gasteiger partial charge in [0.05, 0.1) is 0 Å². The van der Waals surface area contributed by atoms with Crippen LogP contribution >= 0.6 is 0 Å². The number of hydrogen-bond donors (Lipinski definition) is 1. The predicted molar refractivity (Wildman–Crippen MR) is 111 cm³/mol. The van der Waals surface area contributed by atoms with Crippen LogP contribution in [0.4, 0.5) is 4.39 Å². The van der Waals surface area contributed by atoms with Crippen LogP contribution in [0.3, 0.4) is 0 Å². The van der Waals surface area contributed by atoms with Crippen molar-refractivity contribution in [1.29, 1.82) is 0 Å². The highest BCUT2D eigenvalue weighted by Gasteiger charge is 2.27. The summed E-state index contributed by atoms with van der Waals surface area (Å²) in [5.74, 6) is -0.417. The number of nitrogens with zero attached hydrogens (tertiary/aromatic N) is 1. The van der Waals surface area contributed by atoms with Crippen molar-refractivity contribution in [2.75, 3.05) is 13.1 Å². The summed E-state index contributed by atoms with van der Waals surface area (Å²) in [7, 11) is 0. The Hall–Kier alpha value is -2.46. The van der Waals surface area contributed by atoms with Gasteiger partial charge in [-0.05, 0) is 67.5 Å². The van der Waals surface area contributed by atoms with Gasteiger partial charge in [0.1, 0.15) is 5.82 Å². The molecule has 4 rings (SSSR count). The molecule has 4 heteroatoms. The van der Waals surface area contributed by atoms with Gasteiger partial charge in [-0.25, -0.2) is 4.39 Å². The van der Waals surface area contributed by atoms with E-state index in [2.05, 4.69) is 46.6 Å². The summed E-state index contributed by atoms with van der Waals surface area (Å²) < 4.78 is 13.0. The summed E-state index contributed by atoms with van der Waals surface area (Å²) >= 11 is 0. The van der Waals surface area contributed by atoms with Gasteiger partial charge < -0.3 is 5.32 Å². The summed E-state index contributed by atoms with van der Waals surface area (Å²) in [4.78, 5) is 14.9. The zero-order valence-electron chi connectivity index (χ0n) is 16.1. The average Bonchev–Trinajstić information content (AvgIpc) is 2.75. The molecule has 2 aliphatic rings. The zero-order valence-corrected chi connectivity index (χ0v) is 16.1. The molecule has 1 amide bonds. The number of carbonyl (C=O) groups is 1. The molecular formula is C24H27FN2O. The summed E-state index contributed by atoms with van der Waals surface area (Å²) in [6.45, 7) is 2.12. The fraction of sp³-hybridized carbons (Fsp3) is 0.375. The van der Waals surface area contributed by atoms with E-state index in [4.69, 9.17) is 0 Å². The third kappa shape index (κ3) is 4.50. The van der Waals surface area contributed by atoms with E-state index >= 15 is 0 Å². The Labute approximate surface area is 166 Å². The van der Waals surface area contributed by atoms with Gasteiger partial charge in [0, 0.05) is 30.7 Å². The van der Waals surface area contributed by atoms with E-state index < -0.39 is 0 Å². The van der Waals surface area contributed by atoms with E-state index in [1.807, 2.05) is 0 Å². The van der Waals surface area contributed by atoms with E-state index in [0.717, 1.165) is 45.2 Å². The van der Waals surface area contributed by atoms with Crippen LogP contribution in [0.5, 0.6) is 0 Å². The molecule has 28 heavy (non-hydrogen) atoms. The standard InChI is InChI=1S/C24H27FN2O/c25-21-8-6-20(7-9-21)24(28)26-22-10-12-23(13-11-22)27-16-14-19(15-17-27)18-4-2-1-3-5-18/h1-9,14,22-23H,10-13,15-17H2,(H,26,28). The molecule has 0 atom stereocenters. The maximum Gasteiger partial charge on any atom is 0.251 e. The minimum Gasteiger partial charge on any atom is -0.349 e. The average molecular weight is 378 g/mol. The molecule has 0 bridgehead atoms. The van der Waals surface area contributed by atoms with Crippen LogP contribution in [0.25, 0.3) is 5.57 Å². The fourth-order valence-electron chi connectivity index (χ4n) is 4.39. The Kier molecular flexibility index (Phi) is 5.87. The molecule has 0 spiro atoms. The number of hydrogen-bond acceptors (Lipinski definition) is 2. The molecule has 0 saturated heterocycles. The van der Waals surface area contributed by atoms with E-state index in [9.17, 15) is 9.18 Å². The van der Waals surface area contributed by atoms with Gasteiger partial charge in [-0.2, -0.15) is 0 Å². The lowest BCUT2D eigenvalue weighted by Crippen LogP contribution is -2.45. The van der Waals surface area contributed by atoms with Crippen molar-refractivity contribution >= 4 is 11.5 Å². The number of amides is 1. The minimum atomic E-state index is -0.317. The SMILES string of the molecule is O=C(NC1CCC(N2CC=C(c3ccccc3)CC2)CC1)c1ccc(F)cc1. The molecule has 3 nitrogen and oxygen atoms in total. The van der Waals surface area contributed by atoms with Crippen LogP contribution in [-0.2, 0) is 0 Å². The third-order valence-corrected chi connectivity index (χ3v) is 6.04. The Bertz CT molecular complexity index is 823. The quantitative estimate of drug-likeness (QED) is 0.839. The van der Waals surface area contributed by atoms with E-state index in [-0.39, 0.29) is 17.8 Å². The Morgan fingerprint density at radius 2 is 1.68 bits per heavy atom. The van der Waals surface area contributed by atoms with Crippen LogP contribution < -0.4 is 5.32 Å². The predicted octanol–water partition coefficient (Wildman–Crippen LogP) is 4.66. The van der Waals surface area contributed by atoms with Crippen molar-refractivity contribution in [1.82, 2.24) is 10.2 Å². The molecule has 1 aliphatic heterocycles. The largest absolute Gasteiger partial charge is 0.349 e. The van der Waals surface area contributed by atoms with Crippen LogP contribution in [0.2, 0.25) is 0 Å². The van der Waals surface area contributed by atoms with Gasteiger partial charge in [-0.15, -0.1) is 0 Å². The molecule has 0 aromatic heterocycles. The minimum absolute atomic E-state index is 0.100. The lowest BCUT2D eigenvalue weighted by Gasteiger charge is -2.38. The van der Waals surface area contributed by atoms with E-state index in [1.165, 1.54) is 23.3 Å². The highest BCUT2D eigenvalue weighted by molar-refractivity contribution is 5.94. The van der Waals surface area contributed by atoms with Crippen molar-refractivity contribution in [3.63, 3.8) is 0 Å². The topological polar surface area (TPSA) is 32.3 Å². The fourth-order valence-corrected chi connectivity index (χ4v) is 4.39. The smallest absolute Gasteiger partial charge is 0.251 e. The first-order valence-corrected chi connectivity index (χ1v) is 10.2. The van der Waals surface area contributed by atoms with Crippen LogP contribution in [0.1, 0.15) is 48.0 Å². The van der Waals surface area contributed by atoms with Crippen LogP contribution in [0, 0.1) is 5.82 Å². The van der Waals surface area contributed by atoms with Crippen molar-refractivity contribution in [2.24, 2.45) is 0 Å². The molecule has 2 aromatic rings. The monoisotopic (exact) mass is 378 g/mol. The molecule has 146 valence electrons. The van der Waals surface area contributed by atoms with Crippen LogP contribution in [0.15, 0.2) is 60.7 Å². The zero-order chi connectivity index (χ0) is 19.3. The second kappa shape index (κ2) is 8.70. The maximum atomic E-state index is 13.0. The summed E-state index contributed by atoms with van der Waals surface area (Å²) in [5.41, 5.74) is 3.32. The summed E-state index contributed by atoms with van der Waals surface area (Å²) in [5, 5.41) is 3.11. The summed E-state index contributed by atoms with van der Waals surface area (Å²) in [6, 6.07) is 17.2. The Morgan fingerprint density at radius 1 is 0.964 bits per heavy atom. The number of benzene rings is 2. The molecule has 1 aliphatic carbocycles. The van der Waals surface area contributed by atoms with Gasteiger partial charge in [-0.1, -0.05) is 36.4 Å². The number of halogens is 1. The number of nitrogens with one attached hydrogen (secondary N) is 1. The van der Waals surface area contributed by atoms with Gasteiger partial charge in [0.2, 0.25) is 0 Å². The van der Waals surface area contributed by atoms with Gasteiger partial charge in [0.15, 0.2) is 0 Å². The third-order valence-electron chi connectivity index (χ3n) is 6.04. The van der Waals surface area contributed by atoms with Gasteiger partial charge in [0.25, 0.3) is 5.91 Å². The lowest BCUT2D eigenvalue weighted by atomic mass is 9.88. The summed E-state index contributed by atoms with van der Waals surface area (Å²) in [6.07, 6.45) is 7.71. The van der Waals surface area contributed by atoms with Gasteiger partial charge in [-0.3, -0.25) is 9.69 Å². The molecule has 2 aromatic carbocycles. The molecular weight excluding hydrogens is 351 g/mol. The second-order valence-electron chi connectivity index (χ2n) is 7.83.